The molecule has 0 spiro atoms. The zero-order chi connectivity index (χ0) is 25.2. The average Bonchev–Trinajstić information content (AvgIpc) is 2.85. The summed E-state index contributed by atoms with van der Waals surface area (Å²) >= 11 is 5.92. The summed E-state index contributed by atoms with van der Waals surface area (Å²) in [5.41, 5.74) is 1.74. The largest absolute Gasteiger partial charge is 0.456 e. The minimum absolute atomic E-state index is 0.0590. The van der Waals surface area contributed by atoms with Gasteiger partial charge in [-0.05, 0) is 41.5 Å². The summed E-state index contributed by atoms with van der Waals surface area (Å²) in [6.45, 7) is 4.56. The molecule has 2 N–H and O–H groups in total. The SMILES string of the molecule is CC1CC(=O)O[C@@H](c2ccccc2)CNC(=O)[C@@H](CC(=O)NCc2ccc(Cl)cc2)C/C=C/[C@@H]1C. The molecule has 3 rings (SSSR count). The van der Waals surface area contributed by atoms with E-state index in [0.29, 0.717) is 24.4 Å². The van der Waals surface area contributed by atoms with Gasteiger partial charge in [-0.25, -0.2) is 0 Å². The highest BCUT2D eigenvalue weighted by atomic mass is 35.5. The number of cyclic esters (lactones) is 1. The van der Waals surface area contributed by atoms with E-state index in [9.17, 15) is 14.4 Å². The summed E-state index contributed by atoms with van der Waals surface area (Å²) in [6, 6.07) is 16.6. The Hall–Kier alpha value is -3.12. The van der Waals surface area contributed by atoms with Crippen LogP contribution in [0.25, 0.3) is 0 Å². The minimum Gasteiger partial charge on any atom is -0.456 e. The Kier molecular flexibility index (Phi) is 9.91. The van der Waals surface area contributed by atoms with Gasteiger partial charge in [0.1, 0.15) is 6.10 Å². The van der Waals surface area contributed by atoms with Crippen LogP contribution >= 0.6 is 11.6 Å². The van der Waals surface area contributed by atoms with Crippen molar-refractivity contribution < 1.29 is 19.1 Å². The van der Waals surface area contributed by atoms with Gasteiger partial charge in [-0.3, -0.25) is 14.4 Å². The molecule has 6 nitrogen and oxygen atoms in total. The molecule has 0 aromatic heterocycles. The molecule has 2 aromatic carbocycles. The minimum atomic E-state index is -0.594. The molecular weight excluding hydrogens is 464 g/mol. The lowest BCUT2D eigenvalue weighted by Gasteiger charge is -2.22. The summed E-state index contributed by atoms with van der Waals surface area (Å²) in [5.74, 6) is -1.06. The standard InChI is InChI=1S/C28H33ClN2O4/c1-19-7-6-10-23(16-26(32)30-17-21-11-13-24(29)14-12-21)28(34)31-18-25(22-8-4-3-5-9-22)35-27(33)15-20(19)2/h3-9,11-14,19-20,23,25H,10,15-18H2,1-2H3,(H,30,32)(H,31,34)/b7-6+/t19-,20?,23+,25+/m0/s1. The van der Waals surface area contributed by atoms with Gasteiger partial charge in [0.05, 0.1) is 12.5 Å². The van der Waals surface area contributed by atoms with E-state index in [2.05, 4.69) is 10.6 Å². The number of rotatable bonds is 5. The number of benzene rings is 2. The Bertz CT molecular complexity index is 1020. The highest BCUT2D eigenvalue weighted by molar-refractivity contribution is 6.30. The smallest absolute Gasteiger partial charge is 0.306 e. The number of esters is 1. The molecule has 0 aliphatic carbocycles. The monoisotopic (exact) mass is 496 g/mol. The van der Waals surface area contributed by atoms with Gasteiger partial charge in [-0.2, -0.15) is 0 Å². The van der Waals surface area contributed by atoms with Crippen molar-refractivity contribution in [1.82, 2.24) is 10.6 Å². The quantitative estimate of drug-likeness (QED) is 0.451. The van der Waals surface area contributed by atoms with Crippen LogP contribution in [-0.2, 0) is 25.7 Å². The lowest BCUT2D eigenvalue weighted by Crippen LogP contribution is -2.37. The van der Waals surface area contributed by atoms with E-state index in [1.54, 1.807) is 12.1 Å². The number of carbonyl (C=O) groups is 3. The summed E-state index contributed by atoms with van der Waals surface area (Å²) < 4.78 is 5.76. The van der Waals surface area contributed by atoms with Crippen LogP contribution in [0.2, 0.25) is 5.02 Å². The number of amides is 2. The second-order valence-electron chi connectivity index (χ2n) is 9.14. The molecule has 1 unspecified atom stereocenters. The predicted octanol–water partition coefficient (Wildman–Crippen LogP) is 4.99. The first kappa shape index (κ1) is 26.5. The van der Waals surface area contributed by atoms with Gasteiger partial charge in [-0.1, -0.05) is 80.1 Å². The number of ether oxygens (including phenoxy) is 1. The Morgan fingerprint density at radius 1 is 1.09 bits per heavy atom. The number of allylic oxidation sites excluding steroid dienone is 2. The first-order chi connectivity index (χ1) is 16.8. The zero-order valence-corrected chi connectivity index (χ0v) is 21.0. The number of carbonyl (C=O) groups excluding carboxylic acids is 3. The Labute approximate surface area is 212 Å². The summed E-state index contributed by atoms with van der Waals surface area (Å²) in [4.78, 5) is 38.4. The summed E-state index contributed by atoms with van der Waals surface area (Å²) in [5, 5.41) is 6.42. The molecule has 1 heterocycles. The fourth-order valence-corrected chi connectivity index (χ4v) is 4.04. The molecular formula is C28H33ClN2O4. The fraction of sp³-hybridized carbons (Fsp3) is 0.393. The van der Waals surface area contributed by atoms with Crippen molar-refractivity contribution in [2.24, 2.45) is 17.8 Å². The van der Waals surface area contributed by atoms with Crippen molar-refractivity contribution in [3.63, 3.8) is 0 Å². The summed E-state index contributed by atoms with van der Waals surface area (Å²) in [6.07, 6.45) is 4.14. The van der Waals surface area contributed by atoms with Gasteiger partial charge < -0.3 is 15.4 Å². The van der Waals surface area contributed by atoms with E-state index >= 15 is 0 Å². The van der Waals surface area contributed by atoms with Gasteiger partial charge in [0.25, 0.3) is 0 Å². The van der Waals surface area contributed by atoms with Crippen molar-refractivity contribution in [1.29, 1.82) is 0 Å². The lowest BCUT2D eigenvalue weighted by atomic mass is 9.91. The third-order valence-electron chi connectivity index (χ3n) is 6.36. The van der Waals surface area contributed by atoms with Crippen LogP contribution in [0.15, 0.2) is 66.7 Å². The van der Waals surface area contributed by atoms with Gasteiger partial charge in [0.15, 0.2) is 0 Å². The highest BCUT2D eigenvalue weighted by Gasteiger charge is 2.25. The van der Waals surface area contributed by atoms with E-state index in [1.165, 1.54) is 0 Å². The molecule has 4 atom stereocenters. The van der Waals surface area contributed by atoms with Crippen LogP contribution < -0.4 is 10.6 Å². The van der Waals surface area contributed by atoms with Gasteiger partial charge in [-0.15, -0.1) is 0 Å². The second-order valence-corrected chi connectivity index (χ2v) is 9.58. The maximum Gasteiger partial charge on any atom is 0.306 e. The highest BCUT2D eigenvalue weighted by Crippen LogP contribution is 2.23. The molecule has 186 valence electrons. The molecule has 0 saturated heterocycles. The van der Waals surface area contributed by atoms with Crippen molar-refractivity contribution in [3.05, 3.63) is 82.9 Å². The van der Waals surface area contributed by atoms with E-state index in [4.69, 9.17) is 16.3 Å². The van der Waals surface area contributed by atoms with Crippen LogP contribution in [0.1, 0.15) is 50.3 Å². The van der Waals surface area contributed by atoms with Crippen LogP contribution in [-0.4, -0.2) is 24.3 Å². The van der Waals surface area contributed by atoms with Crippen LogP contribution in [0.4, 0.5) is 0 Å². The molecule has 2 aromatic rings. The lowest BCUT2D eigenvalue weighted by molar-refractivity contribution is -0.151. The van der Waals surface area contributed by atoms with Crippen molar-refractivity contribution >= 4 is 29.4 Å². The molecule has 7 heteroatoms. The summed E-state index contributed by atoms with van der Waals surface area (Å²) in [7, 11) is 0. The normalized spacial score (nSPS) is 24.7. The van der Waals surface area contributed by atoms with E-state index in [0.717, 1.165) is 11.1 Å². The Morgan fingerprint density at radius 3 is 2.51 bits per heavy atom. The molecule has 0 radical (unpaired) electrons. The average molecular weight is 497 g/mol. The van der Waals surface area contributed by atoms with E-state index in [1.807, 2.05) is 68.5 Å². The van der Waals surface area contributed by atoms with Crippen molar-refractivity contribution in [3.8, 4) is 0 Å². The molecule has 1 aliphatic rings. The molecule has 0 bridgehead atoms. The molecule has 2 amide bonds. The van der Waals surface area contributed by atoms with Crippen molar-refractivity contribution in [2.45, 2.75) is 45.8 Å². The first-order valence-corrected chi connectivity index (χ1v) is 12.4. The predicted molar refractivity (Wildman–Crippen MR) is 136 cm³/mol. The second kappa shape index (κ2) is 13.1. The molecule has 35 heavy (non-hydrogen) atoms. The Balaban J connectivity index is 1.70. The molecule has 1 aliphatic heterocycles. The number of nitrogens with one attached hydrogen (secondary N) is 2. The topological polar surface area (TPSA) is 84.5 Å². The zero-order valence-electron chi connectivity index (χ0n) is 20.2. The van der Waals surface area contributed by atoms with Crippen molar-refractivity contribution in [2.75, 3.05) is 6.54 Å². The van der Waals surface area contributed by atoms with Gasteiger partial charge in [0.2, 0.25) is 11.8 Å². The molecule has 0 fully saturated rings. The maximum absolute atomic E-state index is 13.1. The fourth-order valence-electron chi connectivity index (χ4n) is 3.92. The van der Waals surface area contributed by atoms with Crippen LogP contribution in [0, 0.1) is 17.8 Å². The van der Waals surface area contributed by atoms with Crippen LogP contribution in [0.3, 0.4) is 0 Å². The van der Waals surface area contributed by atoms with Gasteiger partial charge in [0, 0.05) is 24.4 Å². The third kappa shape index (κ3) is 8.55. The number of halogens is 1. The third-order valence-corrected chi connectivity index (χ3v) is 6.61. The number of hydrogen-bond donors (Lipinski definition) is 2. The van der Waals surface area contributed by atoms with E-state index in [-0.39, 0.29) is 42.6 Å². The van der Waals surface area contributed by atoms with Crippen LogP contribution in [0.5, 0.6) is 0 Å². The maximum atomic E-state index is 13.1. The van der Waals surface area contributed by atoms with Gasteiger partial charge >= 0.3 is 5.97 Å². The number of hydrogen-bond acceptors (Lipinski definition) is 4. The molecule has 0 saturated carbocycles. The Morgan fingerprint density at radius 2 is 1.80 bits per heavy atom. The first-order valence-electron chi connectivity index (χ1n) is 12.0. The van der Waals surface area contributed by atoms with E-state index < -0.39 is 12.0 Å².